The van der Waals surface area contributed by atoms with Crippen LogP contribution >= 0.6 is 12.2 Å². The molecule has 0 amide bonds. The Morgan fingerprint density at radius 2 is 2.33 bits per heavy atom. The second-order valence-corrected chi connectivity index (χ2v) is 3.79. The van der Waals surface area contributed by atoms with Gasteiger partial charge in [0.2, 0.25) is 0 Å². The Kier molecular flexibility index (Phi) is 2.96. The lowest BCUT2D eigenvalue weighted by Crippen LogP contribution is -2.05. The summed E-state index contributed by atoms with van der Waals surface area (Å²) in [6.45, 7) is 3.82. The molecule has 0 saturated heterocycles. The number of nitrogens with zero attached hydrogens (tertiary/aromatic N) is 4. The minimum Gasteiger partial charge on any atom is -0.337 e. The lowest BCUT2D eigenvalue weighted by atomic mass is 10.4. The highest BCUT2D eigenvalue weighted by Crippen LogP contribution is 2.01. The van der Waals surface area contributed by atoms with E-state index >= 15 is 0 Å². The molecule has 1 N–H and O–H groups in total. The van der Waals surface area contributed by atoms with Crippen molar-refractivity contribution in [1.82, 2.24) is 24.5 Å². The topological polar surface area (TPSA) is 51.4 Å². The van der Waals surface area contributed by atoms with E-state index in [0.717, 1.165) is 24.3 Å². The Morgan fingerprint density at radius 1 is 1.47 bits per heavy atom. The molecule has 0 fully saturated rings. The van der Waals surface area contributed by atoms with Crippen molar-refractivity contribution < 1.29 is 0 Å². The van der Waals surface area contributed by atoms with Crippen molar-refractivity contribution in [3.05, 3.63) is 29.1 Å². The SMILES string of the molecule is Cc1c[nH]c(=S)n1CCCn1ccnn1. The van der Waals surface area contributed by atoms with Crippen molar-refractivity contribution in [3.63, 3.8) is 0 Å². The van der Waals surface area contributed by atoms with E-state index in [-0.39, 0.29) is 0 Å². The van der Waals surface area contributed by atoms with E-state index in [9.17, 15) is 0 Å². The van der Waals surface area contributed by atoms with Gasteiger partial charge in [0, 0.05) is 31.2 Å². The summed E-state index contributed by atoms with van der Waals surface area (Å²) in [4.78, 5) is 3.02. The summed E-state index contributed by atoms with van der Waals surface area (Å²) < 4.78 is 4.70. The molecule has 15 heavy (non-hydrogen) atoms. The highest BCUT2D eigenvalue weighted by atomic mass is 32.1. The molecule has 2 aromatic heterocycles. The summed E-state index contributed by atoms with van der Waals surface area (Å²) in [6, 6.07) is 0. The zero-order chi connectivity index (χ0) is 10.7. The van der Waals surface area contributed by atoms with Gasteiger partial charge in [0.1, 0.15) is 0 Å². The zero-order valence-electron chi connectivity index (χ0n) is 8.55. The van der Waals surface area contributed by atoms with Crippen molar-refractivity contribution in [2.75, 3.05) is 0 Å². The summed E-state index contributed by atoms with van der Waals surface area (Å²) in [6.07, 6.45) is 6.48. The number of imidazole rings is 1. The number of aromatic nitrogens is 5. The third-order valence-corrected chi connectivity index (χ3v) is 2.65. The van der Waals surface area contributed by atoms with Gasteiger partial charge in [-0.2, -0.15) is 0 Å². The molecule has 0 saturated carbocycles. The van der Waals surface area contributed by atoms with Crippen molar-refractivity contribution in [3.8, 4) is 0 Å². The van der Waals surface area contributed by atoms with E-state index in [0.29, 0.717) is 0 Å². The van der Waals surface area contributed by atoms with Crippen LogP contribution in [0.2, 0.25) is 0 Å². The molecule has 0 aliphatic rings. The number of hydrogen-bond acceptors (Lipinski definition) is 3. The number of H-pyrrole nitrogens is 1. The smallest absolute Gasteiger partial charge is 0.177 e. The van der Waals surface area contributed by atoms with Gasteiger partial charge in [0.05, 0.1) is 6.20 Å². The lowest BCUT2D eigenvalue weighted by Gasteiger charge is -2.04. The first-order chi connectivity index (χ1) is 7.27. The number of aromatic amines is 1. The molecule has 5 nitrogen and oxygen atoms in total. The maximum Gasteiger partial charge on any atom is 0.177 e. The van der Waals surface area contributed by atoms with E-state index in [1.165, 1.54) is 5.69 Å². The lowest BCUT2D eigenvalue weighted by molar-refractivity contribution is 0.508. The van der Waals surface area contributed by atoms with E-state index in [1.54, 1.807) is 6.20 Å². The Bertz CT molecular complexity index is 467. The van der Waals surface area contributed by atoms with E-state index < -0.39 is 0 Å². The summed E-state index contributed by atoms with van der Waals surface area (Å²) in [5.74, 6) is 0. The third-order valence-electron chi connectivity index (χ3n) is 2.32. The fourth-order valence-corrected chi connectivity index (χ4v) is 1.80. The van der Waals surface area contributed by atoms with Crippen LogP contribution in [0.4, 0.5) is 0 Å². The first-order valence-electron chi connectivity index (χ1n) is 4.86. The minimum absolute atomic E-state index is 0.783. The van der Waals surface area contributed by atoms with Crippen molar-refractivity contribution in [2.24, 2.45) is 0 Å². The highest BCUT2D eigenvalue weighted by molar-refractivity contribution is 7.71. The molecule has 0 radical (unpaired) electrons. The van der Waals surface area contributed by atoms with Gasteiger partial charge in [0.25, 0.3) is 0 Å². The molecule has 2 heterocycles. The first kappa shape index (κ1) is 10.1. The molecule has 0 aliphatic heterocycles. The van der Waals surface area contributed by atoms with E-state index in [2.05, 4.69) is 19.9 Å². The first-order valence-corrected chi connectivity index (χ1v) is 5.27. The van der Waals surface area contributed by atoms with Gasteiger partial charge < -0.3 is 9.55 Å². The minimum atomic E-state index is 0.783. The molecule has 0 aliphatic carbocycles. The molecule has 0 atom stereocenters. The predicted octanol–water partition coefficient (Wildman–Crippen LogP) is 1.54. The van der Waals surface area contributed by atoms with Crippen LogP contribution in [0.1, 0.15) is 12.1 Å². The van der Waals surface area contributed by atoms with Gasteiger partial charge in [-0.1, -0.05) is 5.21 Å². The number of rotatable bonds is 4. The molecule has 6 heteroatoms. The summed E-state index contributed by atoms with van der Waals surface area (Å²) in [7, 11) is 0. The predicted molar refractivity (Wildman–Crippen MR) is 59.0 cm³/mol. The van der Waals surface area contributed by atoms with Crippen molar-refractivity contribution in [1.29, 1.82) is 0 Å². The normalized spacial score (nSPS) is 10.7. The third kappa shape index (κ3) is 2.33. The zero-order valence-corrected chi connectivity index (χ0v) is 9.37. The van der Waals surface area contributed by atoms with Crippen molar-refractivity contribution >= 4 is 12.2 Å². The van der Waals surface area contributed by atoms with Crippen LogP contribution in [0.3, 0.4) is 0 Å². The Hall–Kier alpha value is -1.43. The van der Waals surface area contributed by atoms with Gasteiger partial charge in [-0.05, 0) is 25.6 Å². The maximum atomic E-state index is 5.16. The van der Waals surface area contributed by atoms with Crippen LogP contribution < -0.4 is 0 Å². The molecule has 0 spiro atoms. The summed E-state index contributed by atoms with van der Waals surface area (Å²) >= 11 is 5.16. The Balaban J connectivity index is 1.91. The Labute approximate surface area is 92.7 Å². The van der Waals surface area contributed by atoms with Gasteiger partial charge in [-0.3, -0.25) is 4.68 Å². The fraction of sp³-hybridized carbons (Fsp3) is 0.444. The molecule has 2 rings (SSSR count). The highest BCUT2D eigenvalue weighted by Gasteiger charge is 1.99. The maximum absolute atomic E-state index is 5.16. The van der Waals surface area contributed by atoms with E-state index in [4.69, 9.17) is 12.2 Å². The van der Waals surface area contributed by atoms with Crippen LogP contribution in [-0.2, 0) is 13.1 Å². The van der Waals surface area contributed by atoms with Crippen LogP contribution in [0.15, 0.2) is 18.6 Å². The van der Waals surface area contributed by atoms with Crippen LogP contribution in [0.25, 0.3) is 0 Å². The second-order valence-electron chi connectivity index (χ2n) is 3.41. The van der Waals surface area contributed by atoms with Crippen LogP contribution in [-0.4, -0.2) is 24.5 Å². The van der Waals surface area contributed by atoms with Gasteiger partial charge >= 0.3 is 0 Å². The molecule has 0 bridgehead atoms. The fourth-order valence-electron chi connectivity index (χ4n) is 1.50. The molecular formula is C9H13N5S. The summed E-state index contributed by atoms with van der Waals surface area (Å²) in [5.41, 5.74) is 1.17. The standard InChI is InChI=1S/C9H13N5S/c1-8-7-10-9(15)14(8)5-2-4-13-6-3-11-12-13/h3,6-7H,2,4-5H2,1H3,(H,10,15). The van der Waals surface area contributed by atoms with Crippen molar-refractivity contribution in [2.45, 2.75) is 26.4 Å². The summed E-state index contributed by atoms with van der Waals surface area (Å²) in [5, 5.41) is 7.66. The van der Waals surface area contributed by atoms with Crippen LogP contribution in [0, 0.1) is 11.7 Å². The van der Waals surface area contributed by atoms with E-state index in [1.807, 2.05) is 24.0 Å². The van der Waals surface area contributed by atoms with Gasteiger partial charge in [0.15, 0.2) is 4.77 Å². The molecular weight excluding hydrogens is 210 g/mol. The number of nitrogens with one attached hydrogen (secondary N) is 1. The molecule has 0 aromatic carbocycles. The average Bonchev–Trinajstić information content (AvgIpc) is 2.82. The second kappa shape index (κ2) is 4.39. The monoisotopic (exact) mass is 223 g/mol. The Morgan fingerprint density at radius 3 is 2.93 bits per heavy atom. The van der Waals surface area contributed by atoms with Gasteiger partial charge in [-0.25, -0.2) is 0 Å². The quantitative estimate of drug-likeness (QED) is 0.800. The largest absolute Gasteiger partial charge is 0.337 e. The molecule has 80 valence electrons. The molecule has 0 unspecified atom stereocenters. The number of hydrogen-bond donors (Lipinski definition) is 1. The van der Waals surface area contributed by atoms with Crippen LogP contribution in [0.5, 0.6) is 0 Å². The van der Waals surface area contributed by atoms with Gasteiger partial charge in [-0.15, -0.1) is 5.10 Å². The average molecular weight is 223 g/mol. The number of aryl methyl sites for hydroxylation is 2. The molecule has 2 aromatic rings.